The second-order valence-corrected chi connectivity index (χ2v) is 4.80. The van der Waals surface area contributed by atoms with E-state index in [1.165, 1.54) is 18.5 Å². The van der Waals surface area contributed by atoms with Crippen LogP contribution >= 0.6 is 11.3 Å². The molecule has 76 valence electrons. The van der Waals surface area contributed by atoms with Crippen molar-refractivity contribution in [3.8, 4) is 10.6 Å². The molecule has 0 amide bonds. The van der Waals surface area contributed by atoms with E-state index in [1.807, 2.05) is 24.3 Å². The molecule has 0 aliphatic heterocycles. The molecule has 3 rings (SSSR count). The Morgan fingerprint density at radius 1 is 1.27 bits per heavy atom. The molecule has 0 saturated heterocycles. The summed E-state index contributed by atoms with van der Waals surface area (Å²) in [6, 6.07) is 7.91. The lowest BCUT2D eigenvalue weighted by Crippen LogP contribution is -1.88. The van der Waals surface area contributed by atoms with Gasteiger partial charge in [0.05, 0.1) is 5.69 Å². The Morgan fingerprint density at radius 2 is 2.07 bits per heavy atom. The monoisotopic (exact) mass is 216 g/mol. The van der Waals surface area contributed by atoms with Crippen LogP contribution in [0.1, 0.15) is 24.5 Å². The normalized spacial score (nSPS) is 15.5. The molecule has 1 aliphatic carbocycles. The van der Waals surface area contributed by atoms with Gasteiger partial charge in [-0.25, -0.2) is 4.98 Å². The molecule has 1 aromatic heterocycles. The van der Waals surface area contributed by atoms with Gasteiger partial charge in [-0.3, -0.25) is 0 Å². The Morgan fingerprint density at radius 3 is 2.80 bits per heavy atom. The Balaban J connectivity index is 2.01. The van der Waals surface area contributed by atoms with Crippen molar-refractivity contribution in [2.75, 3.05) is 5.73 Å². The van der Waals surface area contributed by atoms with Gasteiger partial charge < -0.3 is 5.73 Å². The molecular weight excluding hydrogens is 204 g/mol. The fourth-order valence-corrected chi connectivity index (χ4v) is 2.62. The van der Waals surface area contributed by atoms with Gasteiger partial charge in [-0.2, -0.15) is 0 Å². The van der Waals surface area contributed by atoms with E-state index < -0.39 is 0 Å². The van der Waals surface area contributed by atoms with Crippen LogP contribution in [0.4, 0.5) is 5.69 Å². The number of para-hydroxylation sites is 1. The topological polar surface area (TPSA) is 38.9 Å². The average Bonchev–Trinajstić information content (AvgIpc) is 2.99. The van der Waals surface area contributed by atoms with Crippen molar-refractivity contribution in [1.29, 1.82) is 0 Å². The summed E-state index contributed by atoms with van der Waals surface area (Å²) >= 11 is 1.69. The van der Waals surface area contributed by atoms with Crippen LogP contribution in [0.25, 0.3) is 10.6 Å². The first-order valence-electron chi connectivity index (χ1n) is 5.15. The van der Waals surface area contributed by atoms with Crippen molar-refractivity contribution in [3.05, 3.63) is 35.3 Å². The lowest BCUT2D eigenvalue weighted by Gasteiger charge is -1.99. The summed E-state index contributed by atoms with van der Waals surface area (Å²) in [7, 11) is 0. The van der Waals surface area contributed by atoms with E-state index in [-0.39, 0.29) is 0 Å². The summed E-state index contributed by atoms with van der Waals surface area (Å²) in [5.74, 6) is 0.722. The first-order valence-corrected chi connectivity index (χ1v) is 6.03. The molecule has 3 heteroatoms. The molecule has 1 aliphatic rings. The fraction of sp³-hybridized carbons (Fsp3) is 0.250. The highest BCUT2D eigenvalue weighted by Gasteiger charge is 2.26. The van der Waals surface area contributed by atoms with Crippen LogP contribution in [-0.4, -0.2) is 4.98 Å². The number of aromatic nitrogens is 1. The Labute approximate surface area is 92.8 Å². The van der Waals surface area contributed by atoms with Crippen LogP contribution in [0.3, 0.4) is 0 Å². The summed E-state index contributed by atoms with van der Waals surface area (Å²) in [5, 5.41) is 3.22. The van der Waals surface area contributed by atoms with Crippen LogP contribution in [0.5, 0.6) is 0 Å². The van der Waals surface area contributed by atoms with E-state index in [4.69, 9.17) is 5.73 Å². The van der Waals surface area contributed by atoms with Gasteiger partial charge in [0.1, 0.15) is 5.01 Å². The van der Waals surface area contributed by atoms with E-state index in [0.717, 1.165) is 22.2 Å². The summed E-state index contributed by atoms with van der Waals surface area (Å²) in [6.07, 6.45) is 2.60. The van der Waals surface area contributed by atoms with Gasteiger partial charge in [-0.15, -0.1) is 11.3 Å². The van der Waals surface area contributed by atoms with E-state index >= 15 is 0 Å². The lowest BCUT2D eigenvalue weighted by atomic mass is 10.2. The molecular formula is C12H12N2S. The van der Waals surface area contributed by atoms with Crippen LogP contribution in [-0.2, 0) is 0 Å². The number of anilines is 1. The van der Waals surface area contributed by atoms with Gasteiger partial charge >= 0.3 is 0 Å². The second kappa shape index (κ2) is 3.35. The lowest BCUT2D eigenvalue weighted by molar-refractivity contribution is 1.05. The minimum atomic E-state index is 0.722. The minimum absolute atomic E-state index is 0.722. The molecule has 0 atom stereocenters. The predicted molar refractivity (Wildman–Crippen MR) is 63.9 cm³/mol. The van der Waals surface area contributed by atoms with Gasteiger partial charge in [-0.1, -0.05) is 12.1 Å². The number of nitrogens with two attached hydrogens (primary N) is 1. The van der Waals surface area contributed by atoms with Gasteiger partial charge in [0.2, 0.25) is 0 Å². The van der Waals surface area contributed by atoms with Gasteiger partial charge in [-0.05, 0) is 25.0 Å². The third kappa shape index (κ3) is 1.63. The van der Waals surface area contributed by atoms with Crippen LogP contribution in [0, 0.1) is 0 Å². The number of nitrogen functional groups attached to an aromatic ring is 1. The highest BCUT2D eigenvalue weighted by atomic mass is 32.1. The fourth-order valence-electron chi connectivity index (χ4n) is 1.67. The number of nitrogens with zero attached hydrogens (tertiary/aromatic N) is 1. The molecule has 1 aromatic carbocycles. The van der Waals surface area contributed by atoms with Crippen molar-refractivity contribution >= 4 is 17.0 Å². The SMILES string of the molecule is Nc1ccccc1-c1nc(C2CC2)cs1. The van der Waals surface area contributed by atoms with Crippen molar-refractivity contribution in [2.24, 2.45) is 0 Å². The predicted octanol–water partition coefficient (Wildman–Crippen LogP) is 3.27. The maximum Gasteiger partial charge on any atom is 0.125 e. The Bertz CT molecular complexity index is 486. The molecule has 0 spiro atoms. The number of hydrogen-bond acceptors (Lipinski definition) is 3. The molecule has 1 heterocycles. The van der Waals surface area contributed by atoms with Crippen molar-refractivity contribution in [2.45, 2.75) is 18.8 Å². The second-order valence-electron chi connectivity index (χ2n) is 3.94. The average molecular weight is 216 g/mol. The van der Waals surface area contributed by atoms with Crippen molar-refractivity contribution < 1.29 is 0 Å². The van der Waals surface area contributed by atoms with E-state index in [1.54, 1.807) is 11.3 Å². The van der Waals surface area contributed by atoms with E-state index in [0.29, 0.717) is 0 Å². The Hall–Kier alpha value is -1.35. The molecule has 0 bridgehead atoms. The largest absolute Gasteiger partial charge is 0.398 e. The molecule has 0 radical (unpaired) electrons. The zero-order valence-electron chi connectivity index (χ0n) is 8.31. The minimum Gasteiger partial charge on any atom is -0.398 e. The maximum atomic E-state index is 5.92. The Kier molecular flexibility index (Phi) is 1.99. The van der Waals surface area contributed by atoms with Crippen LogP contribution < -0.4 is 5.73 Å². The summed E-state index contributed by atoms with van der Waals surface area (Å²) < 4.78 is 0. The maximum absolute atomic E-state index is 5.92. The molecule has 2 N–H and O–H groups in total. The summed E-state index contributed by atoms with van der Waals surface area (Å²) in [6.45, 7) is 0. The van der Waals surface area contributed by atoms with Gasteiger partial charge in [0, 0.05) is 22.5 Å². The first-order chi connectivity index (χ1) is 7.34. The standard InChI is InChI=1S/C12H12N2S/c13-10-4-2-1-3-9(10)12-14-11(7-15-12)8-5-6-8/h1-4,7-8H,5-6,13H2. The molecule has 2 nitrogen and oxygen atoms in total. The highest BCUT2D eigenvalue weighted by molar-refractivity contribution is 7.13. The number of hydrogen-bond donors (Lipinski definition) is 1. The van der Waals surface area contributed by atoms with Crippen LogP contribution in [0.15, 0.2) is 29.6 Å². The van der Waals surface area contributed by atoms with Crippen molar-refractivity contribution in [3.63, 3.8) is 0 Å². The number of rotatable bonds is 2. The third-order valence-electron chi connectivity index (χ3n) is 2.71. The summed E-state index contributed by atoms with van der Waals surface area (Å²) in [4.78, 5) is 4.64. The third-order valence-corrected chi connectivity index (χ3v) is 3.60. The quantitative estimate of drug-likeness (QED) is 0.782. The van der Waals surface area contributed by atoms with Gasteiger partial charge in [0.25, 0.3) is 0 Å². The zero-order valence-corrected chi connectivity index (χ0v) is 9.13. The zero-order chi connectivity index (χ0) is 10.3. The van der Waals surface area contributed by atoms with Gasteiger partial charge in [0.15, 0.2) is 0 Å². The smallest absolute Gasteiger partial charge is 0.125 e. The van der Waals surface area contributed by atoms with Crippen LogP contribution in [0.2, 0.25) is 0 Å². The number of benzene rings is 1. The van der Waals surface area contributed by atoms with Crippen molar-refractivity contribution in [1.82, 2.24) is 4.98 Å². The summed E-state index contributed by atoms with van der Waals surface area (Å²) in [5.41, 5.74) is 9.05. The highest BCUT2D eigenvalue weighted by Crippen LogP contribution is 2.41. The molecule has 1 saturated carbocycles. The van der Waals surface area contributed by atoms with E-state index in [2.05, 4.69) is 10.4 Å². The van der Waals surface area contributed by atoms with E-state index in [9.17, 15) is 0 Å². The molecule has 0 unspecified atom stereocenters. The molecule has 15 heavy (non-hydrogen) atoms. The molecule has 1 fully saturated rings. The first kappa shape index (κ1) is 8.92. The molecule has 2 aromatic rings. The number of thiazole rings is 1.